The minimum absolute atomic E-state index is 0.160. The molecule has 8 nitrogen and oxygen atoms in total. The normalized spacial score (nSPS) is 11.0. The number of carbonyl (C=O) groups excluding carboxylic acids is 1. The Kier molecular flexibility index (Phi) is 6.63. The maximum Gasteiger partial charge on any atom is 0.335 e. The van der Waals surface area contributed by atoms with Gasteiger partial charge in [-0.15, -0.1) is 4.83 Å². The highest BCUT2D eigenvalue weighted by molar-refractivity contribution is 7.89. The van der Waals surface area contributed by atoms with E-state index < -0.39 is 38.2 Å². The molecule has 3 N–H and O–H groups in total. The minimum atomic E-state index is -4.45. The van der Waals surface area contributed by atoms with Gasteiger partial charge in [0, 0.05) is 5.56 Å². The number of carboxylic acids is 1. The van der Waals surface area contributed by atoms with E-state index in [2.05, 4.69) is 0 Å². The van der Waals surface area contributed by atoms with Crippen molar-refractivity contribution in [2.24, 2.45) is 0 Å². The molecule has 1 amide bonds. The van der Waals surface area contributed by atoms with E-state index in [0.717, 1.165) is 17.7 Å². The summed E-state index contributed by atoms with van der Waals surface area (Å²) in [6.45, 7) is 0.282. The van der Waals surface area contributed by atoms with Gasteiger partial charge in [0.2, 0.25) is 0 Å². The Morgan fingerprint density at radius 3 is 2.19 bits per heavy atom. The first-order valence-corrected chi connectivity index (χ1v) is 10.4. The van der Waals surface area contributed by atoms with Gasteiger partial charge in [0.1, 0.15) is 23.1 Å². The fourth-order valence-corrected chi connectivity index (χ4v) is 3.43. The van der Waals surface area contributed by atoms with Crippen LogP contribution in [-0.2, 0) is 16.6 Å². The molecular formula is C21H17FN2O6S. The van der Waals surface area contributed by atoms with Crippen LogP contribution in [0.2, 0.25) is 0 Å². The quantitative estimate of drug-likeness (QED) is 0.459. The maximum absolute atomic E-state index is 14.0. The number of amides is 1. The summed E-state index contributed by atoms with van der Waals surface area (Å²) in [7, 11) is -4.45. The Bertz CT molecular complexity index is 1200. The van der Waals surface area contributed by atoms with Crippen LogP contribution in [0, 0.1) is 5.82 Å². The summed E-state index contributed by atoms with van der Waals surface area (Å²) in [4.78, 5) is 24.0. The lowest BCUT2D eigenvalue weighted by Crippen LogP contribution is -2.41. The fraction of sp³-hybridized carbons (Fsp3) is 0.0476. The highest BCUT2D eigenvalue weighted by Gasteiger charge is 2.21. The van der Waals surface area contributed by atoms with Gasteiger partial charge in [-0.25, -0.2) is 17.6 Å². The van der Waals surface area contributed by atoms with Crippen molar-refractivity contribution in [1.29, 1.82) is 0 Å². The molecule has 0 saturated carbocycles. The van der Waals surface area contributed by atoms with Gasteiger partial charge in [-0.2, -0.15) is 0 Å². The number of aromatic carboxylic acids is 1. The van der Waals surface area contributed by atoms with E-state index in [0.29, 0.717) is 11.8 Å². The Morgan fingerprint density at radius 2 is 1.58 bits per heavy atom. The molecule has 0 fully saturated rings. The van der Waals surface area contributed by atoms with Crippen LogP contribution in [0.1, 0.15) is 26.3 Å². The molecule has 10 heteroatoms. The number of carboxylic acid groups (broad SMARTS) is 1. The molecule has 3 rings (SSSR count). The third-order valence-electron chi connectivity index (χ3n) is 4.13. The van der Waals surface area contributed by atoms with E-state index in [-0.39, 0.29) is 12.2 Å². The summed E-state index contributed by atoms with van der Waals surface area (Å²) in [5, 5.41) is 8.82. The summed E-state index contributed by atoms with van der Waals surface area (Å²) < 4.78 is 44.0. The number of sulfonamides is 1. The molecule has 0 heterocycles. The van der Waals surface area contributed by atoms with Gasteiger partial charge in [-0.3, -0.25) is 10.2 Å². The summed E-state index contributed by atoms with van der Waals surface area (Å²) >= 11 is 0. The molecule has 0 bridgehead atoms. The average Bonchev–Trinajstić information content (AvgIpc) is 2.77. The maximum atomic E-state index is 14.0. The summed E-state index contributed by atoms with van der Waals surface area (Å²) in [5.41, 5.74) is 2.54. The number of ether oxygens (including phenoxy) is 1. The van der Waals surface area contributed by atoms with E-state index in [1.807, 2.05) is 35.8 Å². The molecular weight excluding hydrogens is 427 g/mol. The van der Waals surface area contributed by atoms with Crippen LogP contribution in [0.4, 0.5) is 4.39 Å². The van der Waals surface area contributed by atoms with Crippen LogP contribution in [0.3, 0.4) is 0 Å². The van der Waals surface area contributed by atoms with Crippen LogP contribution in [0.25, 0.3) is 0 Å². The number of hydrogen-bond donors (Lipinski definition) is 3. The van der Waals surface area contributed by atoms with Gasteiger partial charge in [0.05, 0.1) is 5.56 Å². The fourth-order valence-electron chi connectivity index (χ4n) is 2.53. The van der Waals surface area contributed by atoms with Crippen molar-refractivity contribution in [3.05, 3.63) is 95.3 Å². The van der Waals surface area contributed by atoms with Crippen LogP contribution in [0.15, 0.2) is 77.7 Å². The molecule has 0 radical (unpaired) electrons. The lowest BCUT2D eigenvalue weighted by Gasteiger charge is -2.10. The second-order valence-electron chi connectivity index (χ2n) is 6.31. The zero-order chi connectivity index (χ0) is 22.4. The summed E-state index contributed by atoms with van der Waals surface area (Å²) in [5.74, 6) is -2.73. The smallest absolute Gasteiger partial charge is 0.335 e. The number of rotatable bonds is 8. The first kappa shape index (κ1) is 21.9. The zero-order valence-corrected chi connectivity index (χ0v) is 16.7. The molecule has 0 aliphatic heterocycles. The van der Waals surface area contributed by atoms with Crippen molar-refractivity contribution in [3.8, 4) is 5.75 Å². The number of hydrazine groups is 1. The van der Waals surface area contributed by atoms with E-state index in [9.17, 15) is 22.4 Å². The van der Waals surface area contributed by atoms with Gasteiger partial charge in [-0.05, 0) is 48.0 Å². The van der Waals surface area contributed by atoms with Gasteiger partial charge in [0.25, 0.3) is 15.9 Å². The van der Waals surface area contributed by atoms with Crippen LogP contribution < -0.4 is 15.0 Å². The van der Waals surface area contributed by atoms with Crippen molar-refractivity contribution in [1.82, 2.24) is 10.3 Å². The third kappa shape index (κ3) is 5.65. The topological polar surface area (TPSA) is 122 Å². The molecule has 0 aliphatic carbocycles. The standard InChI is InChI=1S/C21H17FN2O6S/c22-18-12-16(21(26)27)10-11-19(18)31(28,29)24-23-20(25)15-8-6-14(7-9-15)13-30-17-4-2-1-3-5-17/h1-12,24H,13H2,(H,23,25)(H,26,27). The molecule has 0 spiro atoms. The molecule has 0 unspecified atom stereocenters. The van der Waals surface area contributed by atoms with Crippen molar-refractivity contribution >= 4 is 21.9 Å². The number of carbonyl (C=O) groups is 2. The number of para-hydroxylation sites is 1. The third-order valence-corrected chi connectivity index (χ3v) is 5.41. The summed E-state index contributed by atoms with van der Waals surface area (Å²) in [6.07, 6.45) is 0. The molecule has 0 aliphatic rings. The first-order chi connectivity index (χ1) is 14.8. The largest absolute Gasteiger partial charge is 0.489 e. The number of nitrogens with one attached hydrogen (secondary N) is 2. The summed E-state index contributed by atoms with van der Waals surface area (Å²) in [6, 6.07) is 17.8. The van der Waals surface area contributed by atoms with Crippen LogP contribution in [-0.4, -0.2) is 25.4 Å². The second-order valence-corrected chi connectivity index (χ2v) is 7.96. The SMILES string of the molecule is O=C(O)c1ccc(S(=O)(=O)NNC(=O)c2ccc(COc3ccccc3)cc2)c(F)c1. The van der Waals surface area contributed by atoms with Gasteiger partial charge in [0.15, 0.2) is 0 Å². The van der Waals surface area contributed by atoms with Crippen LogP contribution >= 0.6 is 0 Å². The molecule has 0 saturated heterocycles. The molecule has 3 aromatic rings. The number of hydrogen-bond acceptors (Lipinski definition) is 5. The Hall–Kier alpha value is -3.76. The average molecular weight is 444 g/mol. The highest BCUT2D eigenvalue weighted by Crippen LogP contribution is 2.16. The first-order valence-electron chi connectivity index (χ1n) is 8.88. The Morgan fingerprint density at radius 1 is 0.935 bits per heavy atom. The van der Waals surface area contributed by atoms with Gasteiger partial charge < -0.3 is 9.84 Å². The van der Waals surface area contributed by atoms with E-state index in [1.54, 1.807) is 17.0 Å². The number of halogens is 1. The lowest BCUT2D eigenvalue weighted by molar-refractivity contribution is 0.0696. The van der Waals surface area contributed by atoms with Crippen molar-refractivity contribution in [3.63, 3.8) is 0 Å². The van der Waals surface area contributed by atoms with E-state index in [4.69, 9.17) is 9.84 Å². The lowest BCUT2D eigenvalue weighted by atomic mass is 10.1. The van der Waals surface area contributed by atoms with Crippen LogP contribution in [0.5, 0.6) is 5.75 Å². The monoisotopic (exact) mass is 444 g/mol. The predicted octanol–water partition coefficient (Wildman–Crippen LogP) is 2.73. The Balaban J connectivity index is 1.60. The van der Waals surface area contributed by atoms with Crippen molar-refractivity contribution in [2.75, 3.05) is 0 Å². The van der Waals surface area contributed by atoms with Crippen molar-refractivity contribution < 1.29 is 32.2 Å². The van der Waals surface area contributed by atoms with E-state index in [1.165, 1.54) is 12.1 Å². The highest BCUT2D eigenvalue weighted by atomic mass is 32.2. The minimum Gasteiger partial charge on any atom is -0.489 e. The zero-order valence-electron chi connectivity index (χ0n) is 15.9. The van der Waals surface area contributed by atoms with Crippen molar-refractivity contribution in [2.45, 2.75) is 11.5 Å². The molecule has 160 valence electrons. The van der Waals surface area contributed by atoms with Gasteiger partial charge in [-0.1, -0.05) is 30.3 Å². The van der Waals surface area contributed by atoms with E-state index >= 15 is 0 Å². The number of benzene rings is 3. The molecule has 0 aromatic heterocycles. The molecule has 3 aromatic carbocycles. The predicted molar refractivity (Wildman–Crippen MR) is 108 cm³/mol. The van der Waals surface area contributed by atoms with Gasteiger partial charge >= 0.3 is 5.97 Å². The molecule has 0 atom stereocenters. The Labute approximate surface area is 177 Å². The second kappa shape index (κ2) is 9.37. The molecule has 31 heavy (non-hydrogen) atoms.